The number of ketones is 1. The molecule has 1 saturated carbocycles. The smallest absolute Gasteiger partial charge is 0.161 e. The Bertz CT molecular complexity index is 459. The Morgan fingerprint density at radius 3 is 2.74 bits per heavy atom. The number of benzene rings is 1. The van der Waals surface area contributed by atoms with Crippen LogP contribution in [0.5, 0.6) is 0 Å². The first-order valence-electron chi connectivity index (χ1n) is 6.93. The van der Waals surface area contributed by atoms with Crippen molar-refractivity contribution < 1.29 is 9.90 Å². The topological polar surface area (TPSA) is 75.3 Å². The van der Waals surface area contributed by atoms with Gasteiger partial charge in [0.15, 0.2) is 5.78 Å². The number of nitrogens with one attached hydrogen (secondary N) is 1. The molecule has 0 amide bonds. The van der Waals surface area contributed by atoms with E-state index in [1.54, 1.807) is 12.1 Å². The standard InChI is InChI=1S/C15H22N2O2/c1-10(18)12-8-7-11(9-13(12)16)17-14-5-3-2-4-6-15(14)19/h7-9,14-15,17,19H,2-6,16H2,1H3. The van der Waals surface area contributed by atoms with Gasteiger partial charge in [0.25, 0.3) is 0 Å². The van der Waals surface area contributed by atoms with Gasteiger partial charge in [-0.2, -0.15) is 0 Å². The number of hydrogen-bond donors (Lipinski definition) is 3. The Morgan fingerprint density at radius 2 is 2.05 bits per heavy atom. The van der Waals surface area contributed by atoms with E-state index in [1.807, 2.05) is 6.07 Å². The fourth-order valence-corrected chi connectivity index (χ4v) is 2.64. The monoisotopic (exact) mass is 262 g/mol. The number of hydrogen-bond acceptors (Lipinski definition) is 4. The average molecular weight is 262 g/mol. The molecule has 1 aromatic carbocycles. The number of rotatable bonds is 3. The summed E-state index contributed by atoms with van der Waals surface area (Å²) < 4.78 is 0. The van der Waals surface area contributed by atoms with E-state index in [0.29, 0.717) is 11.3 Å². The van der Waals surface area contributed by atoms with Crippen molar-refractivity contribution in [1.82, 2.24) is 0 Å². The van der Waals surface area contributed by atoms with Gasteiger partial charge in [-0.05, 0) is 38.0 Å². The van der Waals surface area contributed by atoms with E-state index >= 15 is 0 Å². The van der Waals surface area contributed by atoms with Crippen molar-refractivity contribution in [3.05, 3.63) is 23.8 Å². The van der Waals surface area contributed by atoms with Crippen molar-refractivity contribution >= 4 is 17.2 Å². The van der Waals surface area contributed by atoms with Crippen LogP contribution in [0.25, 0.3) is 0 Å². The van der Waals surface area contributed by atoms with Crippen LogP contribution < -0.4 is 11.1 Å². The van der Waals surface area contributed by atoms with Crippen molar-refractivity contribution in [2.24, 2.45) is 0 Å². The number of anilines is 2. The van der Waals surface area contributed by atoms with Crippen LogP contribution in [0, 0.1) is 0 Å². The molecule has 0 heterocycles. The summed E-state index contributed by atoms with van der Waals surface area (Å²) in [5.41, 5.74) is 7.77. The zero-order valence-corrected chi connectivity index (χ0v) is 11.4. The molecule has 1 aliphatic rings. The van der Waals surface area contributed by atoms with Gasteiger partial charge >= 0.3 is 0 Å². The maximum absolute atomic E-state index is 11.3. The Balaban J connectivity index is 2.10. The van der Waals surface area contributed by atoms with Crippen LogP contribution in [0.2, 0.25) is 0 Å². The van der Waals surface area contributed by atoms with Gasteiger partial charge in [-0.15, -0.1) is 0 Å². The normalized spacial score (nSPS) is 23.7. The Morgan fingerprint density at radius 1 is 1.32 bits per heavy atom. The van der Waals surface area contributed by atoms with Crippen molar-refractivity contribution in [2.45, 2.75) is 51.2 Å². The molecule has 0 radical (unpaired) electrons. The minimum Gasteiger partial charge on any atom is -0.398 e. The molecular formula is C15H22N2O2. The second kappa shape index (κ2) is 6.06. The molecule has 4 heteroatoms. The van der Waals surface area contributed by atoms with E-state index in [4.69, 9.17) is 5.73 Å². The molecule has 4 nitrogen and oxygen atoms in total. The van der Waals surface area contributed by atoms with Gasteiger partial charge in [-0.25, -0.2) is 0 Å². The molecule has 1 aliphatic carbocycles. The molecule has 0 spiro atoms. The summed E-state index contributed by atoms with van der Waals surface area (Å²) in [5, 5.41) is 13.4. The summed E-state index contributed by atoms with van der Waals surface area (Å²) in [7, 11) is 0. The highest BCUT2D eigenvalue weighted by atomic mass is 16.3. The SMILES string of the molecule is CC(=O)c1ccc(NC2CCCCCC2O)cc1N. The lowest BCUT2D eigenvalue weighted by molar-refractivity contribution is 0.101. The molecule has 19 heavy (non-hydrogen) atoms. The molecule has 1 aromatic rings. The maximum Gasteiger partial charge on any atom is 0.161 e. The van der Waals surface area contributed by atoms with Crippen LogP contribution in [0.4, 0.5) is 11.4 Å². The third-order valence-electron chi connectivity index (χ3n) is 3.76. The first kappa shape index (κ1) is 13.9. The third kappa shape index (κ3) is 3.47. The number of carbonyl (C=O) groups is 1. The molecule has 2 unspecified atom stereocenters. The number of nitrogens with two attached hydrogens (primary N) is 1. The van der Waals surface area contributed by atoms with E-state index in [2.05, 4.69) is 5.32 Å². The average Bonchev–Trinajstić information content (AvgIpc) is 2.55. The van der Waals surface area contributed by atoms with E-state index < -0.39 is 0 Å². The van der Waals surface area contributed by atoms with Crippen LogP contribution in [-0.4, -0.2) is 23.0 Å². The van der Waals surface area contributed by atoms with Crippen LogP contribution in [0.15, 0.2) is 18.2 Å². The first-order chi connectivity index (χ1) is 9.08. The van der Waals surface area contributed by atoms with Crippen molar-refractivity contribution in [3.8, 4) is 0 Å². The van der Waals surface area contributed by atoms with E-state index in [-0.39, 0.29) is 17.9 Å². The second-order valence-corrected chi connectivity index (χ2v) is 5.31. The molecule has 0 saturated heterocycles. The molecule has 4 N–H and O–H groups in total. The highest BCUT2D eigenvalue weighted by Crippen LogP contribution is 2.24. The molecule has 0 bridgehead atoms. The van der Waals surface area contributed by atoms with Crippen LogP contribution in [0.3, 0.4) is 0 Å². The molecule has 0 aromatic heterocycles. The molecular weight excluding hydrogens is 240 g/mol. The molecule has 104 valence electrons. The summed E-state index contributed by atoms with van der Waals surface area (Å²) in [5.74, 6) is -0.0291. The Hall–Kier alpha value is -1.55. The second-order valence-electron chi connectivity index (χ2n) is 5.31. The van der Waals surface area contributed by atoms with Crippen molar-refractivity contribution in [3.63, 3.8) is 0 Å². The summed E-state index contributed by atoms with van der Waals surface area (Å²) in [6.07, 6.45) is 4.91. The predicted molar refractivity (Wildman–Crippen MR) is 77.4 cm³/mol. The Labute approximate surface area is 114 Å². The minimum atomic E-state index is -0.309. The lowest BCUT2D eigenvalue weighted by Gasteiger charge is -2.23. The van der Waals surface area contributed by atoms with Gasteiger partial charge < -0.3 is 16.2 Å². The van der Waals surface area contributed by atoms with Gasteiger partial charge in [-0.3, -0.25) is 4.79 Å². The largest absolute Gasteiger partial charge is 0.398 e. The third-order valence-corrected chi connectivity index (χ3v) is 3.76. The van der Waals surface area contributed by atoms with E-state index in [9.17, 15) is 9.90 Å². The lowest BCUT2D eigenvalue weighted by atomic mass is 10.0. The van der Waals surface area contributed by atoms with Crippen LogP contribution in [-0.2, 0) is 0 Å². The van der Waals surface area contributed by atoms with Gasteiger partial charge in [0, 0.05) is 16.9 Å². The number of aliphatic hydroxyl groups excluding tert-OH is 1. The van der Waals surface area contributed by atoms with E-state index in [0.717, 1.165) is 31.4 Å². The van der Waals surface area contributed by atoms with Gasteiger partial charge in [-0.1, -0.05) is 19.3 Å². The lowest BCUT2D eigenvalue weighted by Crippen LogP contribution is -2.32. The van der Waals surface area contributed by atoms with Gasteiger partial charge in [0.2, 0.25) is 0 Å². The summed E-state index contributed by atoms with van der Waals surface area (Å²) in [6, 6.07) is 5.44. The molecule has 2 atom stereocenters. The highest BCUT2D eigenvalue weighted by Gasteiger charge is 2.21. The van der Waals surface area contributed by atoms with Gasteiger partial charge in [0.05, 0.1) is 12.1 Å². The molecule has 2 rings (SSSR count). The van der Waals surface area contributed by atoms with Crippen molar-refractivity contribution in [1.29, 1.82) is 0 Å². The predicted octanol–water partition coefficient (Wildman–Crippen LogP) is 2.58. The minimum absolute atomic E-state index is 0.0291. The fraction of sp³-hybridized carbons (Fsp3) is 0.533. The van der Waals surface area contributed by atoms with Crippen LogP contribution in [0.1, 0.15) is 49.4 Å². The quantitative estimate of drug-likeness (QED) is 0.444. The molecule has 1 fully saturated rings. The Kier molecular flexibility index (Phi) is 4.43. The summed E-state index contributed by atoms with van der Waals surface area (Å²) in [6.45, 7) is 1.51. The summed E-state index contributed by atoms with van der Waals surface area (Å²) >= 11 is 0. The summed E-state index contributed by atoms with van der Waals surface area (Å²) in [4.78, 5) is 11.3. The maximum atomic E-state index is 11.3. The van der Waals surface area contributed by atoms with Crippen molar-refractivity contribution in [2.75, 3.05) is 11.1 Å². The van der Waals surface area contributed by atoms with Crippen LogP contribution >= 0.6 is 0 Å². The number of nitrogen functional groups attached to an aromatic ring is 1. The van der Waals surface area contributed by atoms with Gasteiger partial charge in [0.1, 0.15) is 0 Å². The number of Topliss-reactive ketones (excluding diaryl/α,β-unsaturated/α-hetero) is 1. The zero-order valence-electron chi connectivity index (χ0n) is 11.4. The zero-order chi connectivity index (χ0) is 13.8. The van der Waals surface area contributed by atoms with E-state index in [1.165, 1.54) is 13.3 Å². The highest BCUT2D eigenvalue weighted by molar-refractivity contribution is 5.99. The number of carbonyl (C=O) groups excluding carboxylic acids is 1. The molecule has 0 aliphatic heterocycles. The first-order valence-corrected chi connectivity index (χ1v) is 6.93. The fourth-order valence-electron chi connectivity index (χ4n) is 2.64. The number of aliphatic hydroxyl groups is 1.